The number of ketones is 1. The number of nitrogens with zero attached hydrogens (tertiary/aromatic N) is 3. The molecule has 3 aliphatic rings. The van der Waals surface area contributed by atoms with E-state index in [0.717, 1.165) is 57.8 Å². The normalized spacial score (nSPS) is 23.8. The lowest BCUT2D eigenvalue weighted by Gasteiger charge is -2.25. The van der Waals surface area contributed by atoms with E-state index in [1.165, 1.54) is 16.7 Å². The maximum Gasteiger partial charge on any atom is 0.164 e. The second-order valence-electron chi connectivity index (χ2n) is 9.32. The van der Waals surface area contributed by atoms with Crippen molar-refractivity contribution in [3.63, 3.8) is 0 Å². The van der Waals surface area contributed by atoms with Crippen LogP contribution in [-0.2, 0) is 24.0 Å². The first-order chi connectivity index (χ1) is 15.7. The van der Waals surface area contributed by atoms with Gasteiger partial charge in [-0.25, -0.2) is 9.37 Å². The number of fused-ring (bicyclic) bond motifs is 1. The van der Waals surface area contributed by atoms with Gasteiger partial charge in [0.2, 0.25) is 0 Å². The summed E-state index contributed by atoms with van der Waals surface area (Å²) in [5.41, 5.74) is 4.73. The van der Waals surface area contributed by atoms with Crippen LogP contribution in [0.3, 0.4) is 0 Å². The molecular weight excluding hydrogens is 405 g/mol. The van der Waals surface area contributed by atoms with Crippen molar-refractivity contribution in [1.29, 1.82) is 0 Å². The second kappa shape index (κ2) is 9.67. The number of carbonyl (C=O) groups excluding carboxylic acids is 1. The van der Waals surface area contributed by atoms with Gasteiger partial charge in [-0.2, -0.15) is 0 Å². The quantitative estimate of drug-likeness (QED) is 0.646. The molecule has 5 rings (SSSR count). The molecule has 0 saturated carbocycles. The highest BCUT2D eigenvalue weighted by molar-refractivity contribution is 5.96. The first-order valence-electron chi connectivity index (χ1n) is 12.0. The van der Waals surface area contributed by atoms with Crippen LogP contribution in [0.15, 0.2) is 36.5 Å². The Morgan fingerprint density at radius 3 is 2.69 bits per heavy atom. The monoisotopic (exact) mass is 437 g/mol. The van der Waals surface area contributed by atoms with Crippen molar-refractivity contribution in [3.8, 4) is 0 Å². The number of rotatable bonds is 6. The van der Waals surface area contributed by atoms with Gasteiger partial charge in [0.1, 0.15) is 12.0 Å². The van der Waals surface area contributed by atoms with E-state index in [0.29, 0.717) is 37.5 Å². The van der Waals surface area contributed by atoms with Crippen LogP contribution in [0.5, 0.6) is 0 Å². The zero-order valence-electron chi connectivity index (χ0n) is 18.6. The Morgan fingerprint density at radius 1 is 1.09 bits per heavy atom. The molecule has 170 valence electrons. The van der Waals surface area contributed by atoms with E-state index in [-0.39, 0.29) is 5.78 Å². The van der Waals surface area contributed by atoms with Gasteiger partial charge >= 0.3 is 0 Å². The van der Waals surface area contributed by atoms with E-state index in [9.17, 15) is 9.18 Å². The van der Waals surface area contributed by atoms with Crippen LogP contribution in [-0.4, -0.2) is 67.3 Å². The van der Waals surface area contributed by atoms with Crippen LogP contribution in [0.25, 0.3) is 0 Å². The van der Waals surface area contributed by atoms with Crippen molar-refractivity contribution in [2.24, 2.45) is 0 Å². The molecule has 0 N–H and O–H groups in total. The molecule has 0 aliphatic carbocycles. The van der Waals surface area contributed by atoms with E-state index in [1.54, 1.807) is 6.20 Å². The first-order valence-corrected chi connectivity index (χ1v) is 12.0. The molecule has 1 unspecified atom stereocenters. The van der Waals surface area contributed by atoms with Crippen molar-refractivity contribution in [2.75, 3.05) is 44.3 Å². The summed E-state index contributed by atoms with van der Waals surface area (Å²) < 4.78 is 19.0. The van der Waals surface area contributed by atoms with Gasteiger partial charge in [0.05, 0.1) is 13.2 Å². The zero-order valence-corrected chi connectivity index (χ0v) is 18.6. The molecule has 0 amide bonds. The van der Waals surface area contributed by atoms with E-state index < -0.39 is 6.17 Å². The van der Waals surface area contributed by atoms with E-state index >= 15 is 0 Å². The van der Waals surface area contributed by atoms with Gasteiger partial charge < -0.3 is 9.64 Å². The molecule has 0 radical (unpaired) electrons. The van der Waals surface area contributed by atoms with E-state index in [2.05, 4.69) is 28.1 Å². The lowest BCUT2D eigenvalue weighted by Crippen LogP contribution is -2.37. The summed E-state index contributed by atoms with van der Waals surface area (Å²) in [6.07, 6.45) is 5.92. The minimum Gasteiger partial charge on any atom is -0.380 e. The number of pyridine rings is 1. The van der Waals surface area contributed by atoms with Crippen LogP contribution < -0.4 is 4.90 Å². The fourth-order valence-electron chi connectivity index (χ4n) is 5.19. The number of carbonyl (C=O) groups is 1. The number of hydrogen-bond donors (Lipinski definition) is 0. The summed E-state index contributed by atoms with van der Waals surface area (Å²) >= 11 is 0. The Bertz CT molecular complexity index is 943. The molecule has 1 aromatic heterocycles. The second-order valence-corrected chi connectivity index (χ2v) is 9.32. The maximum absolute atomic E-state index is 13.4. The molecule has 2 fully saturated rings. The molecule has 2 atom stereocenters. The third kappa shape index (κ3) is 4.86. The largest absolute Gasteiger partial charge is 0.380 e. The molecule has 0 spiro atoms. The molecule has 2 saturated heterocycles. The van der Waals surface area contributed by atoms with Gasteiger partial charge in [-0.1, -0.05) is 18.2 Å². The number of aryl methyl sites for hydroxylation is 1. The highest BCUT2D eigenvalue weighted by atomic mass is 19.1. The number of ether oxygens (including phenoxy) is 1. The average Bonchev–Trinajstić information content (AvgIpc) is 3.46. The highest BCUT2D eigenvalue weighted by Gasteiger charge is 2.25. The average molecular weight is 438 g/mol. The van der Waals surface area contributed by atoms with E-state index in [1.807, 2.05) is 17.0 Å². The van der Waals surface area contributed by atoms with Gasteiger partial charge in [-0.15, -0.1) is 0 Å². The predicted molar refractivity (Wildman–Crippen MR) is 123 cm³/mol. The Labute approximate surface area is 189 Å². The van der Waals surface area contributed by atoms with Crippen molar-refractivity contribution in [2.45, 2.75) is 50.7 Å². The smallest absolute Gasteiger partial charge is 0.164 e. The predicted octanol–water partition coefficient (Wildman–Crippen LogP) is 3.63. The van der Waals surface area contributed by atoms with Crippen LogP contribution >= 0.6 is 0 Å². The standard InChI is InChI=1S/C26H32FN3O2/c27-23-9-13-30(17-23)26-6-4-22(16-28-26)25(31)5-2-19-1-3-20-7-11-29(12-8-21(20)15-19)24-10-14-32-18-24/h1,3-4,6,15-16,23-24H,2,5,7-14,17-18H2/t23-,24?/m1/s1. The third-order valence-corrected chi connectivity index (χ3v) is 7.19. The van der Waals surface area contributed by atoms with Gasteiger partial charge in [-0.3, -0.25) is 9.69 Å². The van der Waals surface area contributed by atoms with Crippen LogP contribution in [0, 0.1) is 0 Å². The summed E-state index contributed by atoms with van der Waals surface area (Å²) in [4.78, 5) is 21.6. The van der Waals surface area contributed by atoms with Gasteiger partial charge in [-0.05, 0) is 60.9 Å². The summed E-state index contributed by atoms with van der Waals surface area (Å²) in [7, 11) is 0. The number of alkyl halides is 1. The van der Waals surface area contributed by atoms with E-state index in [4.69, 9.17) is 4.74 Å². The van der Waals surface area contributed by atoms with Crippen LogP contribution in [0.2, 0.25) is 0 Å². The number of Topliss-reactive ketones (excluding diaryl/α,β-unsaturated/α-hetero) is 1. The molecule has 32 heavy (non-hydrogen) atoms. The van der Waals surface area contributed by atoms with Crippen molar-refractivity contribution in [3.05, 3.63) is 58.8 Å². The molecule has 0 bridgehead atoms. The summed E-state index contributed by atoms with van der Waals surface area (Å²) in [5, 5.41) is 0. The minimum atomic E-state index is -0.779. The van der Waals surface area contributed by atoms with Gasteiger partial charge in [0.25, 0.3) is 0 Å². The fourth-order valence-corrected chi connectivity index (χ4v) is 5.19. The molecule has 2 aromatic rings. The molecule has 4 heterocycles. The lowest BCUT2D eigenvalue weighted by molar-refractivity contribution is 0.0982. The van der Waals surface area contributed by atoms with Gasteiger partial charge in [0, 0.05) is 50.5 Å². The Balaban J connectivity index is 1.16. The third-order valence-electron chi connectivity index (χ3n) is 7.19. The molecule has 6 heteroatoms. The Kier molecular flexibility index (Phi) is 6.51. The van der Waals surface area contributed by atoms with Gasteiger partial charge in [0.15, 0.2) is 5.78 Å². The molecule has 5 nitrogen and oxygen atoms in total. The lowest BCUT2D eigenvalue weighted by atomic mass is 9.97. The number of hydrogen-bond acceptors (Lipinski definition) is 5. The minimum absolute atomic E-state index is 0.108. The van der Waals surface area contributed by atoms with Crippen LogP contribution in [0.1, 0.15) is 46.3 Å². The fraction of sp³-hybridized carbons (Fsp3) is 0.538. The van der Waals surface area contributed by atoms with Crippen LogP contribution in [0.4, 0.5) is 10.2 Å². The SMILES string of the molecule is O=C(CCc1ccc2c(c1)CCN(C1CCOC1)CC2)c1ccc(N2CC[C@@H](F)C2)nc1. The maximum atomic E-state index is 13.4. The topological polar surface area (TPSA) is 45.7 Å². The number of aromatic nitrogens is 1. The number of anilines is 1. The van der Waals surface area contributed by atoms with Crippen molar-refractivity contribution < 1.29 is 13.9 Å². The summed E-state index contributed by atoms with van der Waals surface area (Å²) in [6.45, 7) is 5.03. The van der Waals surface area contributed by atoms with Crippen molar-refractivity contribution in [1.82, 2.24) is 9.88 Å². The number of halogens is 1. The summed E-state index contributed by atoms with van der Waals surface area (Å²) in [6, 6.07) is 11.0. The molecule has 3 aliphatic heterocycles. The molecular formula is C26H32FN3O2. The zero-order chi connectivity index (χ0) is 21.9. The highest BCUT2D eigenvalue weighted by Crippen LogP contribution is 2.23. The number of benzene rings is 1. The molecule has 1 aromatic carbocycles. The Hall–Kier alpha value is -2.31. The van der Waals surface area contributed by atoms with Crippen molar-refractivity contribution >= 4 is 11.6 Å². The first kappa shape index (κ1) is 21.5. The Morgan fingerprint density at radius 2 is 1.97 bits per heavy atom. The summed E-state index contributed by atoms with van der Waals surface area (Å²) in [5.74, 6) is 0.863.